The number of nitrogens with one attached hydrogen (secondary N) is 2. The maximum Gasteiger partial charge on any atom is 0.272 e. The third-order valence-corrected chi connectivity index (χ3v) is 5.69. The number of rotatable bonds is 5. The number of piperidine rings is 1. The lowest BCUT2D eigenvalue weighted by atomic mass is 9.94. The number of nitrogens with zero attached hydrogens (tertiary/aromatic N) is 4. The number of hydrogen-bond acceptors (Lipinski definition) is 4. The van der Waals surface area contributed by atoms with E-state index in [9.17, 15) is 4.79 Å². The second-order valence-electron chi connectivity index (χ2n) is 9.50. The number of aromatic nitrogens is 4. The first kappa shape index (κ1) is 20.6. The van der Waals surface area contributed by atoms with Gasteiger partial charge in [0.25, 0.3) is 5.91 Å². The Bertz CT molecular complexity index is 1020. The Morgan fingerprint density at radius 3 is 2.67 bits per heavy atom. The van der Waals surface area contributed by atoms with Crippen LogP contribution in [0.15, 0.2) is 30.6 Å². The Hall–Kier alpha value is -2.67. The van der Waals surface area contributed by atoms with Crippen molar-refractivity contribution in [3.8, 4) is 11.1 Å². The van der Waals surface area contributed by atoms with Gasteiger partial charge in [0.2, 0.25) is 0 Å². The number of aromatic amines is 1. The van der Waals surface area contributed by atoms with Gasteiger partial charge in [-0.2, -0.15) is 10.2 Å². The summed E-state index contributed by atoms with van der Waals surface area (Å²) in [5.74, 6) is -0.100. The molecule has 3 aromatic rings. The summed E-state index contributed by atoms with van der Waals surface area (Å²) in [6.45, 7) is 12.8. The van der Waals surface area contributed by atoms with Gasteiger partial charge in [-0.3, -0.25) is 14.6 Å². The first-order valence-electron chi connectivity index (χ1n) is 10.9. The zero-order valence-electron chi connectivity index (χ0n) is 18.4. The Morgan fingerprint density at radius 2 is 2.00 bits per heavy atom. The van der Waals surface area contributed by atoms with Crippen molar-refractivity contribution in [2.24, 2.45) is 5.41 Å². The van der Waals surface area contributed by atoms with E-state index in [1.165, 1.54) is 0 Å². The van der Waals surface area contributed by atoms with Crippen LogP contribution in [0.3, 0.4) is 0 Å². The van der Waals surface area contributed by atoms with Gasteiger partial charge in [-0.1, -0.05) is 26.8 Å². The van der Waals surface area contributed by atoms with Crippen LogP contribution in [0, 0.1) is 5.41 Å². The number of carbonyl (C=O) groups is 1. The monoisotopic (exact) mass is 408 g/mol. The molecule has 0 aliphatic carbocycles. The molecule has 4 rings (SSSR count). The highest BCUT2D eigenvalue weighted by Gasteiger charge is 2.25. The zero-order valence-corrected chi connectivity index (χ0v) is 18.4. The van der Waals surface area contributed by atoms with Crippen LogP contribution in [0.4, 0.5) is 0 Å². The van der Waals surface area contributed by atoms with Crippen LogP contribution < -0.4 is 5.32 Å². The SMILES string of the molecule is CCn1cc(-c2ccc3[nH]nc(C(=O)NC4CCN(CC(C)(C)C)CC4)c3c2)cn1. The van der Waals surface area contributed by atoms with Gasteiger partial charge in [-0.25, -0.2) is 0 Å². The molecule has 7 nitrogen and oxygen atoms in total. The molecule has 0 atom stereocenters. The first-order chi connectivity index (χ1) is 14.3. The molecule has 1 aromatic carbocycles. The van der Waals surface area contributed by atoms with E-state index in [1.54, 1.807) is 0 Å². The van der Waals surface area contributed by atoms with Gasteiger partial charge in [0.1, 0.15) is 0 Å². The maximum absolute atomic E-state index is 13.0. The predicted molar refractivity (Wildman–Crippen MR) is 119 cm³/mol. The fourth-order valence-electron chi connectivity index (χ4n) is 4.21. The highest BCUT2D eigenvalue weighted by molar-refractivity contribution is 6.05. The molecule has 0 radical (unpaired) electrons. The minimum atomic E-state index is -0.100. The van der Waals surface area contributed by atoms with E-state index < -0.39 is 0 Å². The van der Waals surface area contributed by atoms with Crippen molar-refractivity contribution in [3.63, 3.8) is 0 Å². The molecule has 0 bridgehead atoms. The van der Waals surface area contributed by atoms with Gasteiger partial charge in [-0.05, 0) is 42.9 Å². The normalized spacial score (nSPS) is 16.3. The van der Waals surface area contributed by atoms with E-state index in [4.69, 9.17) is 0 Å². The molecular weight excluding hydrogens is 376 g/mol. The number of fused-ring (bicyclic) bond motifs is 1. The van der Waals surface area contributed by atoms with Crippen LogP contribution in [0.5, 0.6) is 0 Å². The average Bonchev–Trinajstić information content (AvgIpc) is 3.34. The van der Waals surface area contributed by atoms with Crippen molar-refractivity contribution in [2.45, 2.75) is 53.1 Å². The summed E-state index contributed by atoms with van der Waals surface area (Å²) in [5.41, 5.74) is 3.71. The molecule has 3 heterocycles. The van der Waals surface area contributed by atoms with E-state index in [0.29, 0.717) is 11.1 Å². The molecular formula is C23H32N6O. The number of amides is 1. The Balaban J connectivity index is 1.45. The minimum Gasteiger partial charge on any atom is -0.348 e. The molecule has 1 aliphatic rings. The highest BCUT2D eigenvalue weighted by Crippen LogP contribution is 2.26. The molecule has 0 unspecified atom stereocenters. The van der Waals surface area contributed by atoms with Gasteiger partial charge in [0, 0.05) is 49.4 Å². The molecule has 1 fully saturated rings. The third kappa shape index (κ3) is 4.56. The van der Waals surface area contributed by atoms with Crippen molar-refractivity contribution in [3.05, 3.63) is 36.3 Å². The second kappa shape index (κ2) is 8.22. The van der Waals surface area contributed by atoms with E-state index in [1.807, 2.05) is 35.3 Å². The summed E-state index contributed by atoms with van der Waals surface area (Å²) in [4.78, 5) is 15.5. The molecule has 30 heavy (non-hydrogen) atoms. The van der Waals surface area contributed by atoms with Crippen molar-refractivity contribution in [1.82, 2.24) is 30.2 Å². The highest BCUT2D eigenvalue weighted by atomic mass is 16.2. The third-order valence-electron chi connectivity index (χ3n) is 5.69. The minimum absolute atomic E-state index is 0.100. The topological polar surface area (TPSA) is 78.8 Å². The number of likely N-dealkylation sites (tertiary alicyclic amines) is 1. The van der Waals surface area contributed by atoms with Crippen molar-refractivity contribution in [1.29, 1.82) is 0 Å². The smallest absolute Gasteiger partial charge is 0.272 e. The Labute approximate surface area is 177 Å². The molecule has 2 N–H and O–H groups in total. The summed E-state index contributed by atoms with van der Waals surface area (Å²) in [5, 5.41) is 15.7. The van der Waals surface area contributed by atoms with E-state index in [2.05, 4.69) is 53.2 Å². The fraction of sp³-hybridized carbons (Fsp3) is 0.522. The molecule has 160 valence electrons. The van der Waals surface area contributed by atoms with Crippen LogP contribution in [-0.4, -0.2) is 56.5 Å². The quantitative estimate of drug-likeness (QED) is 0.675. The van der Waals surface area contributed by atoms with Crippen LogP contribution in [0.1, 0.15) is 51.0 Å². The second-order valence-corrected chi connectivity index (χ2v) is 9.50. The standard InChI is InChI=1S/C23H32N6O/c1-5-29-14-17(13-24-29)16-6-7-20-19(12-16)21(27-26-20)22(30)25-18-8-10-28(11-9-18)15-23(2,3)4/h6-7,12-14,18H,5,8-11,15H2,1-4H3,(H,25,30)(H,26,27). The van der Waals surface area contributed by atoms with Gasteiger partial charge in [-0.15, -0.1) is 0 Å². The molecule has 0 saturated carbocycles. The zero-order chi connectivity index (χ0) is 21.3. The van der Waals surface area contributed by atoms with E-state index >= 15 is 0 Å². The lowest BCUT2D eigenvalue weighted by Gasteiger charge is -2.36. The Morgan fingerprint density at radius 1 is 1.23 bits per heavy atom. The number of aryl methyl sites for hydroxylation is 1. The maximum atomic E-state index is 13.0. The number of H-pyrrole nitrogens is 1. The summed E-state index contributed by atoms with van der Waals surface area (Å²) in [7, 11) is 0. The van der Waals surface area contributed by atoms with Crippen molar-refractivity contribution in [2.75, 3.05) is 19.6 Å². The van der Waals surface area contributed by atoms with Gasteiger partial charge >= 0.3 is 0 Å². The molecule has 1 aliphatic heterocycles. The summed E-state index contributed by atoms with van der Waals surface area (Å²) >= 11 is 0. The molecule has 2 aromatic heterocycles. The van der Waals surface area contributed by atoms with Crippen LogP contribution >= 0.6 is 0 Å². The van der Waals surface area contributed by atoms with Gasteiger partial charge < -0.3 is 10.2 Å². The molecule has 1 saturated heterocycles. The summed E-state index contributed by atoms with van der Waals surface area (Å²) < 4.78 is 1.90. The average molecular weight is 409 g/mol. The van der Waals surface area contributed by atoms with Crippen LogP contribution in [0.25, 0.3) is 22.0 Å². The lowest BCUT2D eigenvalue weighted by Crippen LogP contribution is -2.46. The van der Waals surface area contributed by atoms with Gasteiger partial charge in [0.05, 0.1) is 11.7 Å². The summed E-state index contributed by atoms with van der Waals surface area (Å²) in [6, 6.07) is 6.23. The number of carbonyl (C=O) groups excluding carboxylic acids is 1. The van der Waals surface area contributed by atoms with Gasteiger partial charge in [0.15, 0.2) is 5.69 Å². The van der Waals surface area contributed by atoms with E-state index in [0.717, 1.165) is 61.1 Å². The molecule has 0 spiro atoms. The molecule has 1 amide bonds. The fourth-order valence-corrected chi connectivity index (χ4v) is 4.21. The predicted octanol–water partition coefficient (Wildman–Crippen LogP) is 3.69. The number of benzene rings is 1. The largest absolute Gasteiger partial charge is 0.348 e. The number of hydrogen-bond donors (Lipinski definition) is 2. The molecule has 7 heteroatoms. The Kier molecular flexibility index (Phi) is 5.64. The van der Waals surface area contributed by atoms with Crippen molar-refractivity contribution >= 4 is 16.8 Å². The van der Waals surface area contributed by atoms with Crippen LogP contribution in [0.2, 0.25) is 0 Å². The van der Waals surface area contributed by atoms with Crippen molar-refractivity contribution < 1.29 is 4.79 Å². The first-order valence-corrected chi connectivity index (χ1v) is 10.9. The van der Waals surface area contributed by atoms with E-state index in [-0.39, 0.29) is 11.9 Å². The van der Waals surface area contributed by atoms with Crippen LogP contribution in [-0.2, 0) is 6.54 Å². The summed E-state index contributed by atoms with van der Waals surface area (Å²) in [6.07, 6.45) is 5.83. The lowest BCUT2D eigenvalue weighted by molar-refractivity contribution is 0.0892.